The maximum atomic E-state index is 9.06. The Hall–Kier alpha value is -0.910. The van der Waals surface area contributed by atoms with E-state index in [0.717, 1.165) is 10.7 Å². The summed E-state index contributed by atoms with van der Waals surface area (Å²) in [6.07, 6.45) is 0. The van der Waals surface area contributed by atoms with Gasteiger partial charge in [0.05, 0.1) is 0 Å². The molecule has 1 atom stereocenters. The molecule has 0 spiro atoms. The van der Waals surface area contributed by atoms with Crippen molar-refractivity contribution in [2.45, 2.75) is 0 Å². The molecule has 12 heavy (non-hydrogen) atoms. The van der Waals surface area contributed by atoms with Crippen LogP contribution in [0, 0.1) is 0 Å². The molecule has 1 nitrogen and oxygen atoms in total. The van der Waals surface area contributed by atoms with Crippen LogP contribution in [0.25, 0.3) is 10.8 Å². The second-order valence-corrected chi connectivity index (χ2v) is 3.40. The summed E-state index contributed by atoms with van der Waals surface area (Å²) in [4.78, 5) is 9.06. The number of benzene rings is 2. The van der Waals surface area contributed by atoms with Crippen molar-refractivity contribution in [3.05, 3.63) is 42.5 Å². The van der Waals surface area contributed by atoms with Crippen LogP contribution < -0.4 is 5.30 Å². The lowest BCUT2D eigenvalue weighted by Crippen LogP contribution is -1.94. The van der Waals surface area contributed by atoms with Gasteiger partial charge in [-0.05, 0) is 10.8 Å². The summed E-state index contributed by atoms with van der Waals surface area (Å²) in [5.74, 6) is 0. The first kappa shape index (κ1) is 7.72. The van der Waals surface area contributed by atoms with Crippen molar-refractivity contribution < 1.29 is 4.89 Å². The summed E-state index contributed by atoms with van der Waals surface area (Å²) >= 11 is 0. The SMILES string of the molecule is OPc1cccc2ccccc12. The van der Waals surface area contributed by atoms with E-state index >= 15 is 0 Å². The highest BCUT2D eigenvalue weighted by molar-refractivity contribution is 7.41. The molecular formula is C10H9OP. The molecular weight excluding hydrogens is 167 g/mol. The maximum Gasteiger partial charge on any atom is 0.0426 e. The first-order valence-corrected chi connectivity index (χ1v) is 4.74. The number of fused-ring (bicyclic) bond motifs is 1. The van der Waals surface area contributed by atoms with Crippen molar-refractivity contribution in [3.8, 4) is 0 Å². The van der Waals surface area contributed by atoms with Crippen molar-refractivity contribution in [1.82, 2.24) is 0 Å². The lowest BCUT2D eigenvalue weighted by atomic mass is 10.1. The van der Waals surface area contributed by atoms with E-state index in [-0.39, 0.29) is 8.81 Å². The molecule has 1 N–H and O–H groups in total. The van der Waals surface area contributed by atoms with Gasteiger partial charge < -0.3 is 4.89 Å². The normalized spacial score (nSPS) is 11.4. The summed E-state index contributed by atoms with van der Waals surface area (Å²) in [7, 11) is -0.116. The highest BCUT2D eigenvalue weighted by atomic mass is 31.1. The Labute approximate surface area is 72.9 Å². The van der Waals surface area contributed by atoms with Crippen molar-refractivity contribution in [2.75, 3.05) is 0 Å². The summed E-state index contributed by atoms with van der Waals surface area (Å²) in [6, 6.07) is 14.1. The largest absolute Gasteiger partial charge is 0.372 e. The molecule has 0 aliphatic rings. The molecule has 2 heteroatoms. The topological polar surface area (TPSA) is 20.2 Å². The molecule has 0 heterocycles. The standard InChI is InChI=1S/C10H9OP/c11-12-10-7-3-5-8-4-1-2-6-9(8)10/h1-7,11-12H. The van der Waals surface area contributed by atoms with Crippen LogP contribution in [0.3, 0.4) is 0 Å². The molecule has 2 aromatic carbocycles. The molecule has 0 aliphatic carbocycles. The predicted molar refractivity (Wildman–Crippen MR) is 54.1 cm³/mol. The Morgan fingerprint density at radius 2 is 1.67 bits per heavy atom. The van der Waals surface area contributed by atoms with E-state index in [9.17, 15) is 0 Å². The lowest BCUT2D eigenvalue weighted by molar-refractivity contribution is 0.655. The summed E-state index contributed by atoms with van der Waals surface area (Å²) in [5.41, 5.74) is 0. The third-order valence-electron chi connectivity index (χ3n) is 1.91. The average molecular weight is 176 g/mol. The van der Waals surface area contributed by atoms with Crippen LogP contribution in [0.1, 0.15) is 0 Å². The number of rotatable bonds is 1. The minimum atomic E-state index is -0.116. The molecule has 60 valence electrons. The summed E-state index contributed by atoms with van der Waals surface area (Å²) in [5, 5.41) is 3.37. The third kappa shape index (κ3) is 1.22. The summed E-state index contributed by atoms with van der Waals surface area (Å²) in [6.45, 7) is 0. The van der Waals surface area contributed by atoms with Crippen molar-refractivity contribution in [2.24, 2.45) is 0 Å². The number of hydrogen-bond acceptors (Lipinski definition) is 1. The van der Waals surface area contributed by atoms with Crippen LogP contribution in [0.4, 0.5) is 0 Å². The van der Waals surface area contributed by atoms with Gasteiger partial charge in [-0.25, -0.2) is 0 Å². The van der Waals surface area contributed by atoms with Crippen molar-refractivity contribution >= 4 is 24.9 Å². The minimum Gasteiger partial charge on any atom is -0.372 e. The molecule has 0 saturated carbocycles. The molecule has 0 saturated heterocycles. The fourth-order valence-corrected chi connectivity index (χ4v) is 1.84. The highest BCUT2D eigenvalue weighted by Gasteiger charge is 1.96. The van der Waals surface area contributed by atoms with E-state index in [1.807, 2.05) is 30.3 Å². The van der Waals surface area contributed by atoms with Crippen LogP contribution >= 0.6 is 8.81 Å². The Bertz CT molecular complexity index is 392. The molecule has 0 radical (unpaired) electrons. The molecule has 0 aliphatic heterocycles. The number of hydrogen-bond donors (Lipinski definition) is 1. The Balaban J connectivity index is 2.79. The monoisotopic (exact) mass is 176 g/mol. The zero-order chi connectivity index (χ0) is 8.39. The Kier molecular flexibility index (Phi) is 2.07. The van der Waals surface area contributed by atoms with Crippen molar-refractivity contribution in [1.29, 1.82) is 0 Å². The molecule has 2 aromatic rings. The lowest BCUT2D eigenvalue weighted by Gasteiger charge is -2.01. The van der Waals surface area contributed by atoms with Gasteiger partial charge in [-0.1, -0.05) is 42.5 Å². The fourth-order valence-electron chi connectivity index (χ4n) is 1.32. The van der Waals surface area contributed by atoms with Gasteiger partial charge in [0.25, 0.3) is 0 Å². The van der Waals surface area contributed by atoms with E-state index in [1.165, 1.54) is 5.39 Å². The van der Waals surface area contributed by atoms with Crippen LogP contribution in [0.5, 0.6) is 0 Å². The van der Waals surface area contributed by atoms with Gasteiger partial charge >= 0.3 is 0 Å². The average Bonchev–Trinajstić information content (AvgIpc) is 2.17. The van der Waals surface area contributed by atoms with Gasteiger partial charge in [0.1, 0.15) is 0 Å². The molecule has 0 bridgehead atoms. The van der Waals surface area contributed by atoms with E-state index in [0.29, 0.717) is 0 Å². The van der Waals surface area contributed by atoms with Crippen LogP contribution in [0.15, 0.2) is 42.5 Å². The zero-order valence-corrected chi connectivity index (χ0v) is 7.49. The zero-order valence-electron chi connectivity index (χ0n) is 6.49. The molecule has 0 fully saturated rings. The van der Waals surface area contributed by atoms with Gasteiger partial charge in [-0.3, -0.25) is 0 Å². The van der Waals surface area contributed by atoms with E-state index in [4.69, 9.17) is 4.89 Å². The smallest absolute Gasteiger partial charge is 0.0426 e. The van der Waals surface area contributed by atoms with E-state index < -0.39 is 0 Å². The van der Waals surface area contributed by atoms with Crippen LogP contribution in [-0.2, 0) is 0 Å². The second-order valence-electron chi connectivity index (χ2n) is 2.64. The Morgan fingerprint density at radius 3 is 2.50 bits per heavy atom. The van der Waals surface area contributed by atoms with E-state index in [2.05, 4.69) is 12.1 Å². The van der Waals surface area contributed by atoms with E-state index in [1.54, 1.807) is 0 Å². The van der Waals surface area contributed by atoms with Gasteiger partial charge in [0.2, 0.25) is 0 Å². The first-order valence-electron chi connectivity index (χ1n) is 3.79. The van der Waals surface area contributed by atoms with Crippen LogP contribution in [-0.4, -0.2) is 4.89 Å². The van der Waals surface area contributed by atoms with Crippen LogP contribution in [0.2, 0.25) is 0 Å². The third-order valence-corrected chi connectivity index (χ3v) is 2.59. The second kappa shape index (κ2) is 3.22. The minimum absolute atomic E-state index is 0.116. The predicted octanol–water partition coefficient (Wildman–Crippen LogP) is 2.05. The highest BCUT2D eigenvalue weighted by Crippen LogP contribution is 2.16. The molecule has 1 unspecified atom stereocenters. The molecule has 0 aromatic heterocycles. The fraction of sp³-hybridized carbons (Fsp3) is 0. The molecule has 2 rings (SSSR count). The summed E-state index contributed by atoms with van der Waals surface area (Å²) < 4.78 is 0. The van der Waals surface area contributed by atoms with Gasteiger partial charge in [0.15, 0.2) is 0 Å². The quantitative estimate of drug-likeness (QED) is 0.659. The first-order chi connectivity index (χ1) is 5.92. The van der Waals surface area contributed by atoms with Gasteiger partial charge in [-0.15, -0.1) is 0 Å². The van der Waals surface area contributed by atoms with Gasteiger partial charge in [-0.2, -0.15) is 0 Å². The van der Waals surface area contributed by atoms with Crippen molar-refractivity contribution in [3.63, 3.8) is 0 Å². The van der Waals surface area contributed by atoms with Gasteiger partial charge in [0, 0.05) is 14.1 Å². The maximum absolute atomic E-state index is 9.06. The molecule has 0 amide bonds. The Morgan fingerprint density at radius 1 is 0.917 bits per heavy atom.